The van der Waals surface area contributed by atoms with Crippen molar-refractivity contribution in [1.29, 1.82) is 0 Å². The first kappa shape index (κ1) is 16.0. The van der Waals surface area contributed by atoms with Gasteiger partial charge in [0.1, 0.15) is 5.41 Å². The van der Waals surface area contributed by atoms with E-state index in [2.05, 4.69) is 10.6 Å². The zero-order valence-corrected chi connectivity index (χ0v) is 13.9. The van der Waals surface area contributed by atoms with Gasteiger partial charge in [0, 0.05) is 11.7 Å². The second kappa shape index (κ2) is 6.73. The minimum atomic E-state index is -0.837. The molecule has 0 spiro atoms. The van der Waals surface area contributed by atoms with E-state index >= 15 is 0 Å². The van der Waals surface area contributed by atoms with Gasteiger partial charge in [-0.25, -0.2) is 0 Å². The summed E-state index contributed by atoms with van der Waals surface area (Å²) >= 11 is 0. The van der Waals surface area contributed by atoms with Gasteiger partial charge in [-0.2, -0.15) is 0 Å². The molecule has 1 aromatic rings. The Hall–Kier alpha value is -1.84. The maximum absolute atomic E-state index is 12.6. The zero-order valence-electron chi connectivity index (χ0n) is 13.9. The van der Waals surface area contributed by atoms with Crippen molar-refractivity contribution in [3.8, 4) is 0 Å². The largest absolute Gasteiger partial charge is 0.352 e. The summed E-state index contributed by atoms with van der Waals surface area (Å²) in [6, 6.07) is 7.94. The smallest absolute Gasteiger partial charge is 0.240 e. The van der Waals surface area contributed by atoms with Gasteiger partial charge in [-0.3, -0.25) is 9.59 Å². The Bertz CT molecular complexity index is 585. The summed E-state index contributed by atoms with van der Waals surface area (Å²) in [6.45, 7) is 1.99. The van der Waals surface area contributed by atoms with Crippen molar-refractivity contribution in [2.75, 3.05) is 5.32 Å². The van der Waals surface area contributed by atoms with Crippen molar-refractivity contribution in [2.24, 2.45) is 5.41 Å². The van der Waals surface area contributed by atoms with Gasteiger partial charge in [0.2, 0.25) is 11.8 Å². The fourth-order valence-corrected chi connectivity index (χ4v) is 3.40. The van der Waals surface area contributed by atoms with Crippen LogP contribution in [0.15, 0.2) is 24.3 Å². The predicted octanol–water partition coefficient (Wildman–Crippen LogP) is 3.55. The zero-order chi connectivity index (χ0) is 16.3. The Labute approximate surface area is 138 Å². The number of hydrogen-bond acceptors (Lipinski definition) is 2. The summed E-state index contributed by atoms with van der Waals surface area (Å²) in [4.78, 5) is 25.2. The van der Waals surface area contributed by atoms with Crippen LogP contribution in [0.1, 0.15) is 56.9 Å². The molecule has 2 aliphatic rings. The lowest BCUT2D eigenvalue weighted by Crippen LogP contribution is -2.44. The molecule has 0 unspecified atom stereocenters. The van der Waals surface area contributed by atoms with Crippen molar-refractivity contribution >= 4 is 17.5 Å². The lowest BCUT2D eigenvalue weighted by atomic mass is 10.0. The number of hydrogen-bond donors (Lipinski definition) is 2. The average Bonchev–Trinajstić information content (AvgIpc) is 3.33. The Morgan fingerprint density at radius 1 is 1.04 bits per heavy atom. The van der Waals surface area contributed by atoms with E-state index in [1.807, 2.05) is 31.2 Å². The van der Waals surface area contributed by atoms with Crippen molar-refractivity contribution in [1.82, 2.24) is 5.32 Å². The van der Waals surface area contributed by atoms with Gasteiger partial charge < -0.3 is 10.6 Å². The fourth-order valence-electron chi connectivity index (χ4n) is 3.40. The number of rotatable bonds is 4. The molecular weight excluding hydrogens is 288 g/mol. The lowest BCUT2D eigenvalue weighted by molar-refractivity contribution is -0.134. The van der Waals surface area contributed by atoms with Gasteiger partial charge in [0.05, 0.1) is 0 Å². The molecule has 2 saturated carbocycles. The number of nitrogens with one attached hydrogen (secondary N) is 2. The second-order valence-electron chi connectivity index (χ2n) is 7.07. The molecule has 4 heteroatoms. The van der Waals surface area contributed by atoms with Crippen LogP contribution < -0.4 is 10.6 Å². The molecule has 2 fully saturated rings. The number of anilines is 1. The third-order valence-electron chi connectivity index (χ3n) is 5.09. The Morgan fingerprint density at radius 2 is 1.74 bits per heavy atom. The molecule has 23 heavy (non-hydrogen) atoms. The van der Waals surface area contributed by atoms with Crippen LogP contribution in [0.3, 0.4) is 0 Å². The van der Waals surface area contributed by atoms with Crippen LogP contribution in [0.5, 0.6) is 0 Å². The molecule has 0 saturated heterocycles. The molecule has 0 atom stereocenters. The van der Waals surface area contributed by atoms with E-state index in [0.29, 0.717) is 12.8 Å². The first-order chi connectivity index (χ1) is 11.1. The second-order valence-corrected chi connectivity index (χ2v) is 7.07. The molecule has 0 heterocycles. The van der Waals surface area contributed by atoms with Crippen LogP contribution in [-0.2, 0) is 9.59 Å². The predicted molar refractivity (Wildman–Crippen MR) is 91.1 cm³/mol. The van der Waals surface area contributed by atoms with Crippen molar-refractivity contribution in [3.63, 3.8) is 0 Å². The highest BCUT2D eigenvalue weighted by Gasteiger charge is 2.56. The molecule has 2 aliphatic carbocycles. The molecule has 2 amide bonds. The molecular formula is C19H26N2O2. The summed E-state index contributed by atoms with van der Waals surface area (Å²) in [5.74, 6) is -0.233. The summed E-state index contributed by atoms with van der Waals surface area (Å²) in [6.07, 6.45) is 8.26. The van der Waals surface area contributed by atoms with E-state index in [1.54, 1.807) is 0 Å². The quantitative estimate of drug-likeness (QED) is 0.659. The number of aryl methyl sites for hydroxylation is 1. The summed E-state index contributed by atoms with van der Waals surface area (Å²) < 4.78 is 0. The van der Waals surface area contributed by atoms with Gasteiger partial charge in [-0.05, 0) is 50.3 Å². The molecule has 2 N–H and O–H groups in total. The van der Waals surface area contributed by atoms with Gasteiger partial charge >= 0.3 is 0 Å². The lowest BCUT2D eigenvalue weighted by Gasteiger charge is -2.21. The minimum Gasteiger partial charge on any atom is -0.352 e. The first-order valence-corrected chi connectivity index (χ1v) is 8.79. The van der Waals surface area contributed by atoms with Gasteiger partial charge in [0.15, 0.2) is 0 Å². The van der Waals surface area contributed by atoms with Gasteiger partial charge in [-0.15, -0.1) is 0 Å². The van der Waals surface area contributed by atoms with Crippen LogP contribution in [0, 0.1) is 12.3 Å². The molecule has 0 bridgehead atoms. The van der Waals surface area contributed by atoms with Crippen molar-refractivity contribution in [3.05, 3.63) is 29.8 Å². The highest BCUT2D eigenvalue weighted by molar-refractivity contribution is 6.13. The van der Waals surface area contributed by atoms with E-state index in [9.17, 15) is 9.59 Å². The van der Waals surface area contributed by atoms with Crippen LogP contribution >= 0.6 is 0 Å². The van der Waals surface area contributed by atoms with Crippen LogP contribution in [0.25, 0.3) is 0 Å². The molecule has 1 aromatic carbocycles. The Kier molecular flexibility index (Phi) is 4.69. The number of amides is 2. The SMILES string of the molecule is Cc1cccc(NC(=O)C2(C(=O)NC3CCCCCC3)CC2)c1. The van der Waals surface area contributed by atoms with E-state index in [0.717, 1.165) is 24.1 Å². The fraction of sp³-hybridized carbons (Fsp3) is 0.579. The standard InChI is InChI=1S/C19H26N2O2/c1-14-7-6-10-16(13-14)21-18(23)19(11-12-19)17(22)20-15-8-4-2-3-5-9-15/h6-7,10,13,15H,2-5,8-9,11-12H2,1H3,(H,20,22)(H,21,23). The van der Waals surface area contributed by atoms with E-state index in [4.69, 9.17) is 0 Å². The van der Waals surface area contributed by atoms with Gasteiger partial charge in [-0.1, -0.05) is 37.8 Å². The number of carbonyl (C=O) groups excluding carboxylic acids is 2. The average molecular weight is 314 g/mol. The van der Waals surface area contributed by atoms with E-state index in [-0.39, 0.29) is 17.9 Å². The molecule has 0 radical (unpaired) electrons. The van der Waals surface area contributed by atoms with Crippen molar-refractivity contribution in [2.45, 2.75) is 64.3 Å². The summed E-state index contributed by atoms with van der Waals surface area (Å²) in [5.41, 5.74) is 1.02. The van der Waals surface area contributed by atoms with E-state index < -0.39 is 5.41 Å². The number of carbonyl (C=O) groups is 2. The maximum atomic E-state index is 12.6. The summed E-state index contributed by atoms with van der Waals surface area (Å²) in [7, 11) is 0. The molecule has 124 valence electrons. The molecule has 3 rings (SSSR count). The highest BCUT2D eigenvalue weighted by Crippen LogP contribution is 2.47. The molecule has 0 aromatic heterocycles. The van der Waals surface area contributed by atoms with Gasteiger partial charge in [0.25, 0.3) is 0 Å². The topological polar surface area (TPSA) is 58.2 Å². The van der Waals surface area contributed by atoms with Crippen LogP contribution in [0.2, 0.25) is 0 Å². The maximum Gasteiger partial charge on any atom is 0.240 e. The van der Waals surface area contributed by atoms with Crippen LogP contribution in [-0.4, -0.2) is 17.9 Å². The normalized spacial score (nSPS) is 20.4. The molecule has 0 aliphatic heterocycles. The third-order valence-corrected chi connectivity index (χ3v) is 5.09. The van der Waals surface area contributed by atoms with E-state index in [1.165, 1.54) is 25.7 Å². The highest BCUT2D eigenvalue weighted by atomic mass is 16.2. The van der Waals surface area contributed by atoms with Crippen LogP contribution in [0.4, 0.5) is 5.69 Å². The Morgan fingerprint density at radius 3 is 2.35 bits per heavy atom. The Balaban J connectivity index is 1.61. The first-order valence-electron chi connectivity index (χ1n) is 8.79. The number of benzene rings is 1. The monoisotopic (exact) mass is 314 g/mol. The summed E-state index contributed by atoms with van der Waals surface area (Å²) in [5, 5.41) is 6.06. The minimum absolute atomic E-state index is 0.0745. The molecule has 4 nitrogen and oxygen atoms in total. The van der Waals surface area contributed by atoms with Crippen molar-refractivity contribution < 1.29 is 9.59 Å². The third kappa shape index (κ3) is 3.74.